The van der Waals surface area contributed by atoms with Crippen LogP contribution in [-0.2, 0) is 11.3 Å². The fourth-order valence-electron chi connectivity index (χ4n) is 1.40. The van der Waals surface area contributed by atoms with Gasteiger partial charge in [0, 0.05) is 31.4 Å². The van der Waals surface area contributed by atoms with Crippen LogP contribution in [0.25, 0.3) is 0 Å². The molecule has 0 atom stereocenters. The lowest BCUT2D eigenvalue weighted by molar-refractivity contribution is -0.119. The zero-order chi connectivity index (χ0) is 14.1. The number of carbonyl (C=O) groups excluding carboxylic acids is 1. The van der Waals surface area contributed by atoms with Gasteiger partial charge in [0.1, 0.15) is 0 Å². The molecule has 1 rings (SSSR count). The summed E-state index contributed by atoms with van der Waals surface area (Å²) in [6.07, 6.45) is 2.55. The first-order valence-corrected chi connectivity index (χ1v) is 6.20. The second-order valence-electron chi connectivity index (χ2n) is 4.03. The molecule has 0 unspecified atom stereocenters. The molecule has 1 aromatic rings. The van der Waals surface area contributed by atoms with Gasteiger partial charge in [0.2, 0.25) is 0 Å². The second kappa shape index (κ2) is 7.89. The Balaban J connectivity index is 2.35. The van der Waals surface area contributed by atoms with Crippen molar-refractivity contribution in [3.8, 4) is 35.4 Å². The average molecular weight is 259 g/mol. The molecule has 0 saturated heterocycles. The number of ketones is 1. The lowest BCUT2D eigenvalue weighted by atomic mass is 10.2. The number of Topliss-reactive ketones (excluding diaryl/α,β-unsaturated/α-hetero) is 1. The molecule has 0 spiro atoms. The Labute approximate surface area is 113 Å². The first-order valence-electron chi connectivity index (χ1n) is 6.20. The van der Waals surface area contributed by atoms with Gasteiger partial charge in [-0.2, -0.15) is 0 Å². The van der Waals surface area contributed by atoms with Crippen LogP contribution in [0, 0.1) is 23.7 Å². The van der Waals surface area contributed by atoms with E-state index >= 15 is 0 Å². The summed E-state index contributed by atoms with van der Waals surface area (Å²) in [5, 5.41) is 18.8. The van der Waals surface area contributed by atoms with E-state index in [4.69, 9.17) is 0 Å². The molecule has 0 aromatic carbocycles. The zero-order valence-electron chi connectivity index (χ0n) is 10.9. The Bertz CT molecular complexity index is 530. The van der Waals surface area contributed by atoms with Crippen molar-refractivity contribution in [2.75, 3.05) is 0 Å². The van der Waals surface area contributed by atoms with Crippen molar-refractivity contribution in [2.24, 2.45) is 0 Å². The summed E-state index contributed by atoms with van der Waals surface area (Å²) in [4.78, 5) is 11.6. The summed E-state index contributed by atoms with van der Waals surface area (Å²) < 4.78 is 1.15. The summed E-state index contributed by atoms with van der Waals surface area (Å²) in [6.45, 7) is 2.00. The van der Waals surface area contributed by atoms with Crippen molar-refractivity contribution < 1.29 is 15.0 Å². The molecule has 4 nitrogen and oxygen atoms in total. The molecule has 0 saturated carbocycles. The Kier molecular flexibility index (Phi) is 6.12. The highest BCUT2D eigenvalue weighted by Crippen LogP contribution is 2.20. The monoisotopic (exact) mass is 259 g/mol. The second-order valence-corrected chi connectivity index (χ2v) is 4.03. The number of aromatic hydroxyl groups is 2. The molecule has 19 heavy (non-hydrogen) atoms. The molecule has 1 heterocycles. The molecule has 2 N–H and O–H groups in total. The summed E-state index contributed by atoms with van der Waals surface area (Å²) in [7, 11) is 0. The number of aromatic nitrogens is 1. The molecule has 0 amide bonds. The first kappa shape index (κ1) is 14.7. The predicted molar refractivity (Wildman–Crippen MR) is 72.5 cm³/mol. The molecule has 0 aliphatic heterocycles. The summed E-state index contributed by atoms with van der Waals surface area (Å²) in [5.41, 5.74) is 0. The van der Waals surface area contributed by atoms with Gasteiger partial charge in [-0.3, -0.25) is 9.36 Å². The molecule has 0 aliphatic carbocycles. The molecule has 0 bridgehead atoms. The van der Waals surface area contributed by atoms with Crippen molar-refractivity contribution >= 4 is 5.78 Å². The Morgan fingerprint density at radius 1 is 1.16 bits per heavy atom. The summed E-state index contributed by atoms with van der Waals surface area (Å²) in [6, 6.07) is 2.68. The summed E-state index contributed by atoms with van der Waals surface area (Å²) in [5.74, 6) is 10.8. The standard InChI is InChI=1S/C15H17NO3/c1-2-3-4-5-6-7-8-9-13(17)12-16-14(18)10-11-15(16)19/h10-11,18-19H,2-3,8-9,12H2,1H3. The van der Waals surface area contributed by atoms with Crippen LogP contribution >= 0.6 is 0 Å². The minimum Gasteiger partial charge on any atom is -0.494 e. The average Bonchev–Trinajstić information content (AvgIpc) is 2.69. The number of carbonyl (C=O) groups is 1. The van der Waals surface area contributed by atoms with Crippen molar-refractivity contribution in [2.45, 2.75) is 39.2 Å². The Morgan fingerprint density at radius 2 is 1.74 bits per heavy atom. The third-order valence-electron chi connectivity index (χ3n) is 2.41. The number of nitrogens with zero attached hydrogens (tertiary/aromatic N) is 1. The van der Waals surface area contributed by atoms with Gasteiger partial charge < -0.3 is 10.2 Å². The van der Waals surface area contributed by atoms with E-state index in [-0.39, 0.29) is 30.5 Å². The van der Waals surface area contributed by atoms with E-state index in [2.05, 4.69) is 23.7 Å². The first-order chi connectivity index (χ1) is 9.15. The molecule has 0 fully saturated rings. The molecule has 4 heteroatoms. The maximum atomic E-state index is 11.6. The van der Waals surface area contributed by atoms with Crippen molar-refractivity contribution in [1.82, 2.24) is 4.57 Å². The van der Waals surface area contributed by atoms with Gasteiger partial charge in [-0.1, -0.05) is 18.8 Å². The normalized spacial score (nSPS) is 9.11. The number of unbranched alkanes of at least 4 members (excludes halogenated alkanes) is 1. The lowest BCUT2D eigenvalue weighted by Crippen LogP contribution is -2.08. The van der Waals surface area contributed by atoms with Crippen molar-refractivity contribution in [3.63, 3.8) is 0 Å². The molecule has 1 aromatic heterocycles. The van der Waals surface area contributed by atoms with Gasteiger partial charge in [-0.15, -0.1) is 0 Å². The maximum Gasteiger partial charge on any atom is 0.194 e. The van der Waals surface area contributed by atoms with Gasteiger partial charge in [-0.25, -0.2) is 0 Å². The fraction of sp³-hybridized carbons (Fsp3) is 0.400. The topological polar surface area (TPSA) is 62.5 Å². The van der Waals surface area contributed by atoms with Crippen LogP contribution in [0.2, 0.25) is 0 Å². The molecule has 100 valence electrons. The van der Waals surface area contributed by atoms with Crippen LogP contribution in [0.15, 0.2) is 12.1 Å². The van der Waals surface area contributed by atoms with E-state index in [1.54, 1.807) is 0 Å². The zero-order valence-corrected chi connectivity index (χ0v) is 10.9. The largest absolute Gasteiger partial charge is 0.494 e. The van der Waals surface area contributed by atoms with Crippen LogP contribution < -0.4 is 0 Å². The van der Waals surface area contributed by atoms with E-state index in [1.807, 2.05) is 6.92 Å². The van der Waals surface area contributed by atoms with Gasteiger partial charge in [-0.05, 0) is 18.3 Å². The van der Waals surface area contributed by atoms with E-state index in [9.17, 15) is 15.0 Å². The quantitative estimate of drug-likeness (QED) is 0.796. The highest BCUT2D eigenvalue weighted by atomic mass is 16.3. The number of hydrogen-bond donors (Lipinski definition) is 2. The maximum absolute atomic E-state index is 11.6. The van der Waals surface area contributed by atoms with E-state index in [0.29, 0.717) is 6.42 Å². The minimum absolute atomic E-state index is 0.0478. The van der Waals surface area contributed by atoms with E-state index < -0.39 is 0 Å². The minimum atomic E-state index is -0.123. The SMILES string of the molecule is CCCC#CC#CCCC(=O)Cn1c(O)ccc1O. The van der Waals surface area contributed by atoms with E-state index in [1.165, 1.54) is 12.1 Å². The van der Waals surface area contributed by atoms with Crippen molar-refractivity contribution in [3.05, 3.63) is 12.1 Å². The van der Waals surface area contributed by atoms with Crippen LogP contribution in [0.3, 0.4) is 0 Å². The highest BCUT2D eigenvalue weighted by Gasteiger charge is 2.09. The lowest BCUT2D eigenvalue weighted by Gasteiger charge is -2.04. The summed E-state index contributed by atoms with van der Waals surface area (Å²) >= 11 is 0. The van der Waals surface area contributed by atoms with E-state index in [0.717, 1.165) is 17.4 Å². The van der Waals surface area contributed by atoms with Gasteiger partial charge >= 0.3 is 0 Å². The fourth-order valence-corrected chi connectivity index (χ4v) is 1.40. The number of hydrogen-bond acceptors (Lipinski definition) is 3. The van der Waals surface area contributed by atoms with Crippen molar-refractivity contribution in [1.29, 1.82) is 0 Å². The van der Waals surface area contributed by atoms with Gasteiger partial charge in [0.15, 0.2) is 17.5 Å². The smallest absolute Gasteiger partial charge is 0.194 e. The third-order valence-corrected chi connectivity index (χ3v) is 2.41. The predicted octanol–water partition coefficient (Wildman–Crippen LogP) is 2.06. The Morgan fingerprint density at radius 3 is 2.32 bits per heavy atom. The Hall–Kier alpha value is -2.33. The third kappa shape index (κ3) is 5.23. The molecular weight excluding hydrogens is 242 g/mol. The van der Waals surface area contributed by atoms with Crippen LogP contribution in [0.1, 0.15) is 32.6 Å². The number of rotatable bonds is 5. The van der Waals surface area contributed by atoms with Crippen LogP contribution in [0.5, 0.6) is 11.8 Å². The van der Waals surface area contributed by atoms with Gasteiger partial charge in [0.05, 0.1) is 6.54 Å². The van der Waals surface area contributed by atoms with Gasteiger partial charge in [0.25, 0.3) is 0 Å². The molecular formula is C15H17NO3. The van der Waals surface area contributed by atoms with Crippen LogP contribution in [-0.4, -0.2) is 20.6 Å². The van der Waals surface area contributed by atoms with Crippen LogP contribution in [0.4, 0.5) is 0 Å². The molecule has 0 radical (unpaired) electrons. The molecule has 0 aliphatic rings. The highest BCUT2D eigenvalue weighted by molar-refractivity contribution is 5.78.